The third-order valence-corrected chi connectivity index (χ3v) is 10.4. The van der Waals surface area contributed by atoms with Gasteiger partial charge in [-0.25, -0.2) is 5.01 Å². The van der Waals surface area contributed by atoms with Crippen LogP contribution in [0.3, 0.4) is 0 Å². The Bertz CT molecular complexity index is 1130. The molecule has 4 bridgehead atoms. The summed E-state index contributed by atoms with van der Waals surface area (Å²) in [6.45, 7) is 3.51. The first-order valence-corrected chi connectivity index (χ1v) is 12.8. The van der Waals surface area contributed by atoms with E-state index in [4.69, 9.17) is 15.3 Å². The lowest BCUT2D eigenvalue weighted by Crippen LogP contribution is -2.48. The lowest BCUT2D eigenvalue weighted by atomic mass is 9.57. The summed E-state index contributed by atoms with van der Waals surface area (Å²) in [7, 11) is 1.78. The monoisotopic (exact) mass is 443 g/mol. The van der Waals surface area contributed by atoms with Crippen molar-refractivity contribution in [2.75, 3.05) is 26.7 Å². The van der Waals surface area contributed by atoms with E-state index in [-0.39, 0.29) is 5.41 Å². The second-order valence-electron chi connectivity index (χ2n) is 11.7. The highest BCUT2D eigenvalue weighted by Gasteiger charge is 2.81. The molecule has 172 valence electrons. The molecule has 33 heavy (non-hydrogen) atoms. The highest BCUT2D eigenvalue weighted by Crippen LogP contribution is 2.79. The van der Waals surface area contributed by atoms with Crippen LogP contribution < -0.4 is 15.3 Å². The quantitative estimate of drug-likeness (QED) is 0.709. The van der Waals surface area contributed by atoms with Gasteiger partial charge in [-0.15, -0.1) is 0 Å². The maximum atomic E-state index is 6.73. The van der Waals surface area contributed by atoms with E-state index in [1.807, 2.05) is 18.2 Å². The van der Waals surface area contributed by atoms with E-state index in [1.54, 1.807) is 7.11 Å². The minimum absolute atomic E-state index is 0.127. The number of fused-ring (bicyclic) bond motifs is 1. The molecule has 8 rings (SSSR count). The molecule has 0 amide bonds. The first kappa shape index (κ1) is 19.2. The fourth-order valence-electron chi connectivity index (χ4n) is 9.42. The second-order valence-corrected chi connectivity index (χ2v) is 11.7. The Labute approximate surface area is 195 Å². The molecule has 5 unspecified atom stereocenters. The van der Waals surface area contributed by atoms with Gasteiger partial charge in [-0.1, -0.05) is 24.3 Å². The van der Waals surface area contributed by atoms with Crippen molar-refractivity contribution in [3.05, 3.63) is 53.6 Å². The van der Waals surface area contributed by atoms with E-state index in [2.05, 4.69) is 34.2 Å². The van der Waals surface area contributed by atoms with Crippen molar-refractivity contribution in [2.45, 2.75) is 49.6 Å². The summed E-state index contributed by atoms with van der Waals surface area (Å²) in [5, 5.41) is 2.20. The highest BCUT2D eigenvalue weighted by atomic mass is 16.5. The van der Waals surface area contributed by atoms with Crippen LogP contribution in [-0.2, 0) is 11.8 Å². The summed E-state index contributed by atoms with van der Waals surface area (Å²) < 4.78 is 12.7. The van der Waals surface area contributed by atoms with Crippen molar-refractivity contribution in [3.8, 4) is 17.2 Å². The summed E-state index contributed by atoms with van der Waals surface area (Å²) in [6.07, 6.45) is 6.54. The molecule has 5 fully saturated rings. The number of benzene rings is 2. The van der Waals surface area contributed by atoms with E-state index < -0.39 is 0 Å². The molecule has 2 aromatic carbocycles. The first-order valence-electron chi connectivity index (χ1n) is 12.8. The van der Waals surface area contributed by atoms with Crippen LogP contribution in [0.1, 0.15) is 36.8 Å². The Morgan fingerprint density at radius 3 is 2.70 bits per heavy atom. The van der Waals surface area contributed by atoms with Crippen LogP contribution in [0.2, 0.25) is 0 Å². The number of hydrazine groups is 1. The van der Waals surface area contributed by atoms with Crippen molar-refractivity contribution in [1.29, 1.82) is 0 Å². The van der Waals surface area contributed by atoms with Gasteiger partial charge in [-0.2, -0.15) is 0 Å². The molecule has 3 saturated carbocycles. The molecule has 2 N–H and O–H groups in total. The molecule has 2 aromatic rings. The number of nitrogens with two attached hydrogens (primary N) is 1. The van der Waals surface area contributed by atoms with E-state index in [9.17, 15) is 0 Å². The van der Waals surface area contributed by atoms with Gasteiger partial charge in [0.05, 0.1) is 7.11 Å². The van der Waals surface area contributed by atoms with Crippen LogP contribution in [0.15, 0.2) is 42.5 Å². The summed E-state index contributed by atoms with van der Waals surface area (Å²) in [5.74, 6) is 11.6. The van der Waals surface area contributed by atoms with Gasteiger partial charge in [0.1, 0.15) is 5.75 Å². The number of hydrogen-bond acceptors (Lipinski definition) is 5. The van der Waals surface area contributed by atoms with E-state index in [1.165, 1.54) is 49.9 Å². The van der Waals surface area contributed by atoms with Gasteiger partial charge in [0, 0.05) is 42.7 Å². The number of para-hydroxylation sites is 1. The maximum Gasteiger partial charge on any atom is 0.173 e. The predicted octanol–water partition coefficient (Wildman–Crippen LogP) is 3.96. The Balaban J connectivity index is 1.35. The molecule has 5 nitrogen and oxygen atoms in total. The molecule has 0 radical (unpaired) electrons. The molecule has 6 aliphatic rings. The van der Waals surface area contributed by atoms with Gasteiger partial charge in [0.15, 0.2) is 11.5 Å². The van der Waals surface area contributed by atoms with Crippen molar-refractivity contribution in [1.82, 2.24) is 9.91 Å². The molecule has 2 saturated heterocycles. The van der Waals surface area contributed by atoms with Crippen LogP contribution in [0.5, 0.6) is 17.2 Å². The average molecular weight is 444 g/mol. The predicted molar refractivity (Wildman–Crippen MR) is 126 cm³/mol. The van der Waals surface area contributed by atoms with Crippen molar-refractivity contribution in [3.63, 3.8) is 0 Å². The number of ether oxygens (including phenoxy) is 2. The zero-order valence-corrected chi connectivity index (χ0v) is 19.4. The van der Waals surface area contributed by atoms with Gasteiger partial charge in [0.2, 0.25) is 0 Å². The smallest absolute Gasteiger partial charge is 0.173 e. The van der Waals surface area contributed by atoms with Crippen LogP contribution >= 0.6 is 0 Å². The van der Waals surface area contributed by atoms with Gasteiger partial charge < -0.3 is 9.47 Å². The summed E-state index contributed by atoms with van der Waals surface area (Å²) in [5.41, 5.74) is 3.40. The Kier molecular flexibility index (Phi) is 3.69. The van der Waals surface area contributed by atoms with Crippen LogP contribution in [0.4, 0.5) is 0 Å². The van der Waals surface area contributed by atoms with Crippen LogP contribution in [-0.4, -0.2) is 48.7 Å². The fraction of sp³-hybridized carbons (Fsp3) is 0.571. The maximum absolute atomic E-state index is 6.73. The number of methoxy groups -OCH3 is 1. The number of rotatable bonds is 5. The van der Waals surface area contributed by atoms with E-state index >= 15 is 0 Å². The van der Waals surface area contributed by atoms with Crippen molar-refractivity contribution < 1.29 is 9.47 Å². The molecule has 0 spiro atoms. The fourth-order valence-corrected chi connectivity index (χ4v) is 9.42. The van der Waals surface area contributed by atoms with E-state index in [0.717, 1.165) is 36.1 Å². The van der Waals surface area contributed by atoms with Gasteiger partial charge in [-0.05, 0) is 79.0 Å². The average Bonchev–Trinajstić information content (AvgIpc) is 3.46. The van der Waals surface area contributed by atoms with E-state index in [0.29, 0.717) is 29.3 Å². The number of hydrogen-bond donors (Lipinski definition) is 1. The van der Waals surface area contributed by atoms with Gasteiger partial charge in [-0.3, -0.25) is 10.7 Å². The lowest BCUT2D eigenvalue weighted by molar-refractivity contribution is 0.105. The second kappa shape index (κ2) is 6.32. The normalized spacial score (nSPS) is 40.2. The van der Waals surface area contributed by atoms with Gasteiger partial charge >= 0.3 is 0 Å². The third-order valence-electron chi connectivity index (χ3n) is 10.4. The molecular formula is C28H33N3O2. The molecule has 2 heterocycles. The van der Waals surface area contributed by atoms with Crippen molar-refractivity contribution in [2.24, 2.45) is 29.0 Å². The zero-order chi connectivity index (χ0) is 21.9. The molecule has 6 atom stereocenters. The molecule has 0 aromatic heterocycles. The highest BCUT2D eigenvalue weighted by molar-refractivity contribution is 5.62. The minimum Gasteiger partial charge on any atom is -0.493 e. The zero-order valence-electron chi connectivity index (χ0n) is 19.4. The Morgan fingerprint density at radius 2 is 1.94 bits per heavy atom. The summed E-state index contributed by atoms with van der Waals surface area (Å²) in [4.78, 5) is 2.90. The van der Waals surface area contributed by atoms with Crippen LogP contribution in [0, 0.1) is 23.2 Å². The van der Waals surface area contributed by atoms with Crippen molar-refractivity contribution >= 4 is 0 Å². The molecule has 2 aliphatic heterocycles. The molecule has 5 heteroatoms. The first-order chi connectivity index (χ1) is 16.1. The summed E-state index contributed by atoms with van der Waals surface area (Å²) >= 11 is 0. The molecule has 4 aliphatic carbocycles. The van der Waals surface area contributed by atoms with Crippen LogP contribution in [0.25, 0.3) is 0 Å². The minimum atomic E-state index is 0.127. The summed E-state index contributed by atoms with van der Waals surface area (Å²) in [6, 6.07) is 15.9. The number of likely N-dealkylation sites (tertiary alicyclic amines) is 1. The molecular weight excluding hydrogens is 410 g/mol. The SMILES string of the molecule is COc1ccc2c(c1Oc1ccccc1)C13CN(CC4CC4)C(C2)C12CC1C3[C@@H](CN1N)C2. The number of nitrogens with zero attached hydrogens (tertiary/aromatic N) is 2. The Morgan fingerprint density at radius 1 is 1.09 bits per heavy atom. The largest absolute Gasteiger partial charge is 0.493 e. The topological polar surface area (TPSA) is 51.0 Å². The third kappa shape index (κ3) is 2.25. The standard InChI is InChI=1S/C28H33N3O2/c1-32-22-10-9-18-11-23-27-12-19-15-31(29)21(13-27)24(19)28(27,16-30(23)14-17-7-8-17)25(18)26(22)33-20-5-3-2-4-6-20/h2-6,9-10,17,19,21,23-24H,7-8,11-16,29H2,1H3/t19-,21?,23?,24?,27?,28?/m1/s1. The Hall–Kier alpha value is -2.08. The van der Waals surface area contributed by atoms with Gasteiger partial charge in [0.25, 0.3) is 0 Å². The lowest BCUT2D eigenvalue weighted by Gasteiger charge is -2.46.